The molecule has 1 unspecified atom stereocenters. The van der Waals surface area contributed by atoms with Crippen molar-refractivity contribution in [3.05, 3.63) is 17.5 Å². The second-order valence-electron chi connectivity index (χ2n) is 2.81. The second-order valence-corrected chi connectivity index (χ2v) is 2.81. The van der Waals surface area contributed by atoms with Crippen LogP contribution in [0.2, 0.25) is 0 Å². The summed E-state index contributed by atoms with van der Waals surface area (Å²) in [6.45, 7) is 3.45. The van der Waals surface area contributed by atoms with E-state index in [1.807, 2.05) is 0 Å². The van der Waals surface area contributed by atoms with Crippen molar-refractivity contribution < 1.29 is 10.0 Å². The lowest BCUT2D eigenvalue weighted by atomic mass is 10.1. The first-order valence-electron chi connectivity index (χ1n) is 3.81. The van der Waals surface area contributed by atoms with E-state index in [1.165, 1.54) is 0 Å². The maximum Gasteiger partial charge on any atom is 0.339 e. The van der Waals surface area contributed by atoms with E-state index >= 15 is 0 Å². The van der Waals surface area contributed by atoms with Gasteiger partial charge in [-0.3, -0.25) is 10.3 Å². The lowest BCUT2D eigenvalue weighted by molar-refractivity contribution is -0.0711. The minimum atomic E-state index is -0.881. The minimum absolute atomic E-state index is 0.470. The Bertz CT molecular complexity index is 309. The molecular weight excluding hydrogens is 172 g/mol. The maximum absolute atomic E-state index is 10.6. The predicted octanol–water partition coefficient (Wildman–Crippen LogP) is 0.549. The quantitative estimate of drug-likeness (QED) is 0.462. The topological polar surface area (TPSA) is 95.2 Å². The van der Waals surface area contributed by atoms with E-state index in [4.69, 9.17) is 5.73 Å². The number of aromatic amines is 1. The van der Waals surface area contributed by atoms with Gasteiger partial charge in [-0.05, 0) is 13.8 Å². The van der Waals surface area contributed by atoms with Crippen molar-refractivity contribution >= 4 is 6.03 Å². The van der Waals surface area contributed by atoms with E-state index in [0.717, 1.165) is 11.3 Å². The third kappa shape index (κ3) is 1.78. The van der Waals surface area contributed by atoms with Crippen molar-refractivity contribution in [3.8, 4) is 0 Å². The van der Waals surface area contributed by atoms with Gasteiger partial charge in [0.25, 0.3) is 0 Å². The molecule has 6 nitrogen and oxygen atoms in total. The highest BCUT2D eigenvalue weighted by molar-refractivity contribution is 5.71. The molecule has 6 heteroatoms. The number of amides is 2. The molecule has 0 aliphatic rings. The molecule has 13 heavy (non-hydrogen) atoms. The molecule has 1 heterocycles. The zero-order chi connectivity index (χ0) is 10.0. The molecule has 0 fully saturated rings. The Morgan fingerprint density at radius 3 is 2.85 bits per heavy atom. The van der Waals surface area contributed by atoms with Crippen LogP contribution in [0.15, 0.2) is 6.20 Å². The molecular formula is C7H12N4O2. The van der Waals surface area contributed by atoms with Crippen LogP contribution >= 0.6 is 0 Å². The normalized spacial score (nSPS) is 12.5. The van der Waals surface area contributed by atoms with Crippen LogP contribution in [-0.4, -0.2) is 26.5 Å². The Labute approximate surface area is 75.3 Å². The van der Waals surface area contributed by atoms with Gasteiger partial charge >= 0.3 is 6.03 Å². The number of carbonyl (C=O) groups is 1. The number of nitrogens with two attached hydrogens (primary N) is 1. The smallest absolute Gasteiger partial charge is 0.339 e. The molecule has 1 atom stereocenters. The number of primary amides is 1. The molecule has 0 aliphatic carbocycles. The van der Waals surface area contributed by atoms with Crippen molar-refractivity contribution in [1.82, 2.24) is 15.3 Å². The summed E-state index contributed by atoms with van der Waals surface area (Å²) < 4.78 is 0. The Hall–Kier alpha value is -1.56. The van der Waals surface area contributed by atoms with Gasteiger partial charge in [0, 0.05) is 11.3 Å². The standard InChI is InChI=1S/C7H12N4O2/c1-4-6(3-9-10-4)5(2)11(13)7(8)12/h3,5,13H,1-2H3,(H2,8,12)(H,9,10). The highest BCUT2D eigenvalue weighted by atomic mass is 16.5. The number of hydroxylamine groups is 2. The molecule has 0 radical (unpaired) electrons. The molecule has 0 aliphatic heterocycles. The summed E-state index contributed by atoms with van der Waals surface area (Å²) in [6, 6.07) is -1.37. The van der Waals surface area contributed by atoms with Gasteiger partial charge in [0.05, 0.1) is 12.2 Å². The van der Waals surface area contributed by atoms with Gasteiger partial charge in [-0.15, -0.1) is 0 Å². The summed E-state index contributed by atoms with van der Waals surface area (Å²) in [5.74, 6) is 0. The molecule has 72 valence electrons. The Balaban J connectivity index is 2.85. The van der Waals surface area contributed by atoms with Gasteiger partial charge in [0.2, 0.25) is 0 Å². The fraction of sp³-hybridized carbons (Fsp3) is 0.429. The number of hydrogen-bond donors (Lipinski definition) is 3. The molecule has 1 rings (SSSR count). The summed E-state index contributed by atoms with van der Waals surface area (Å²) in [5.41, 5.74) is 6.44. The third-order valence-electron chi connectivity index (χ3n) is 1.91. The number of nitrogens with one attached hydrogen (secondary N) is 1. The van der Waals surface area contributed by atoms with Crippen molar-refractivity contribution in [2.75, 3.05) is 0 Å². The van der Waals surface area contributed by atoms with Crippen LogP contribution in [0.3, 0.4) is 0 Å². The lowest BCUT2D eigenvalue weighted by Gasteiger charge is -2.19. The molecule has 0 saturated carbocycles. The van der Waals surface area contributed by atoms with E-state index < -0.39 is 12.1 Å². The summed E-state index contributed by atoms with van der Waals surface area (Å²) in [7, 11) is 0. The largest absolute Gasteiger partial charge is 0.350 e. The highest BCUT2D eigenvalue weighted by Gasteiger charge is 2.19. The van der Waals surface area contributed by atoms with Crippen LogP contribution in [0.25, 0.3) is 0 Å². The molecule has 0 aromatic carbocycles. The van der Waals surface area contributed by atoms with Gasteiger partial charge in [0.15, 0.2) is 0 Å². The summed E-state index contributed by atoms with van der Waals surface area (Å²) in [6.07, 6.45) is 1.55. The van der Waals surface area contributed by atoms with Gasteiger partial charge in [-0.2, -0.15) is 10.2 Å². The number of aryl methyl sites for hydroxylation is 1. The monoisotopic (exact) mass is 184 g/mol. The van der Waals surface area contributed by atoms with Gasteiger partial charge in [-0.1, -0.05) is 0 Å². The summed E-state index contributed by atoms with van der Waals surface area (Å²) in [5, 5.41) is 16.2. The molecule has 0 bridgehead atoms. The average Bonchev–Trinajstić information content (AvgIpc) is 2.48. The molecule has 0 saturated heterocycles. The molecule has 4 N–H and O–H groups in total. The fourth-order valence-electron chi connectivity index (χ4n) is 1.10. The second kappa shape index (κ2) is 3.44. The number of H-pyrrole nitrogens is 1. The first kappa shape index (κ1) is 9.53. The van der Waals surface area contributed by atoms with Crippen molar-refractivity contribution in [2.45, 2.75) is 19.9 Å². The van der Waals surface area contributed by atoms with Crippen LogP contribution in [0.5, 0.6) is 0 Å². The lowest BCUT2D eigenvalue weighted by Crippen LogP contribution is -2.34. The van der Waals surface area contributed by atoms with Gasteiger partial charge in [-0.25, -0.2) is 4.79 Å². The van der Waals surface area contributed by atoms with Crippen LogP contribution in [-0.2, 0) is 0 Å². The number of rotatable bonds is 2. The molecule has 2 amide bonds. The Kier molecular flexibility index (Phi) is 2.52. The van der Waals surface area contributed by atoms with Crippen molar-refractivity contribution in [1.29, 1.82) is 0 Å². The van der Waals surface area contributed by atoms with E-state index in [9.17, 15) is 10.0 Å². The summed E-state index contributed by atoms with van der Waals surface area (Å²) >= 11 is 0. The number of nitrogens with zero attached hydrogens (tertiary/aromatic N) is 2. The Morgan fingerprint density at radius 1 is 1.85 bits per heavy atom. The molecule has 1 aromatic heterocycles. The maximum atomic E-state index is 10.6. The zero-order valence-corrected chi connectivity index (χ0v) is 7.48. The molecule has 1 aromatic rings. The van der Waals surface area contributed by atoms with E-state index in [2.05, 4.69) is 10.2 Å². The van der Waals surface area contributed by atoms with E-state index in [-0.39, 0.29) is 0 Å². The van der Waals surface area contributed by atoms with E-state index in [1.54, 1.807) is 20.0 Å². The summed E-state index contributed by atoms with van der Waals surface area (Å²) in [4.78, 5) is 10.6. The zero-order valence-electron chi connectivity index (χ0n) is 7.48. The van der Waals surface area contributed by atoms with Crippen LogP contribution in [0.1, 0.15) is 24.2 Å². The number of carbonyl (C=O) groups excluding carboxylic acids is 1. The van der Waals surface area contributed by atoms with Crippen LogP contribution < -0.4 is 5.73 Å². The number of hydrogen-bond acceptors (Lipinski definition) is 3. The van der Waals surface area contributed by atoms with Gasteiger partial charge in [0.1, 0.15) is 0 Å². The third-order valence-corrected chi connectivity index (χ3v) is 1.91. The van der Waals surface area contributed by atoms with Crippen LogP contribution in [0, 0.1) is 6.92 Å². The average molecular weight is 184 g/mol. The molecule has 0 spiro atoms. The number of aromatic nitrogens is 2. The number of urea groups is 1. The highest BCUT2D eigenvalue weighted by Crippen LogP contribution is 2.19. The predicted molar refractivity (Wildman–Crippen MR) is 44.9 cm³/mol. The minimum Gasteiger partial charge on any atom is -0.350 e. The van der Waals surface area contributed by atoms with Crippen molar-refractivity contribution in [3.63, 3.8) is 0 Å². The fourth-order valence-corrected chi connectivity index (χ4v) is 1.10. The Morgan fingerprint density at radius 2 is 2.46 bits per heavy atom. The first-order valence-corrected chi connectivity index (χ1v) is 3.81. The van der Waals surface area contributed by atoms with Crippen LogP contribution in [0.4, 0.5) is 4.79 Å². The van der Waals surface area contributed by atoms with Crippen molar-refractivity contribution in [2.24, 2.45) is 5.73 Å². The first-order chi connectivity index (χ1) is 6.04. The SMILES string of the molecule is Cc1[nH]ncc1C(C)N(O)C(N)=O. The van der Waals surface area contributed by atoms with E-state index in [0.29, 0.717) is 5.06 Å². The van der Waals surface area contributed by atoms with Gasteiger partial charge < -0.3 is 5.73 Å².